The van der Waals surface area contributed by atoms with E-state index in [1.54, 1.807) is 11.8 Å². The summed E-state index contributed by atoms with van der Waals surface area (Å²) < 4.78 is 4.22. The number of hydrogen-bond acceptors (Lipinski definition) is 3. The smallest absolute Gasteiger partial charge is 0.308 e. The number of rotatable bonds is 5. The van der Waals surface area contributed by atoms with Crippen molar-refractivity contribution < 1.29 is 4.79 Å². The summed E-state index contributed by atoms with van der Waals surface area (Å²) in [5, 5.41) is 8.21. The molecule has 0 unspecified atom stereocenters. The molecule has 1 aliphatic rings. The van der Waals surface area contributed by atoms with Crippen LogP contribution in [0.4, 0.5) is 10.5 Å². The Morgan fingerprint density at radius 3 is 2.47 bits per heavy atom. The van der Waals surface area contributed by atoms with Gasteiger partial charge < -0.3 is 14.8 Å². The molecule has 5 aromatic rings. The topological polar surface area (TPSA) is 55.1 Å². The Kier molecular flexibility index (Phi) is 6.52. The molecule has 0 fully saturated rings. The van der Waals surface area contributed by atoms with Crippen molar-refractivity contribution in [1.82, 2.24) is 19.2 Å². The first-order chi connectivity index (χ1) is 18.7. The second kappa shape index (κ2) is 10.3. The molecule has 3 heterocycles. The SMILES string of the molecule is CCc1nn(-c2ccccc2)c2c1CN(C(=O)Nc1cccc(SC)c1)[C@@H](c1ccccc1)c1cccn1-2. The Labute approximate surface area is 226 Å². The maximum absolute atomic E-state index is 14.1. The third-order valence-corrected chi connectivity index (χ3v) is 7.73. The van der Waals surface area contributed by atoms with Crippen LogP contribution < -0.4 is 5.32 Å². The molecule has 38 heavy (non-hydrogen) atoms. The molecule has 0 bridgehead atoms. The summed E-state index contributed by atoms with van der Waals surface area (Å²) in [6.07, 6.45) is 4.88. The molecule has 0 saturated carbocycles. The predicted molar refractivity (Wildman–Crippen MR) is 153 cm³/mol. The summed E-state index contributed by atoms with van der Waals surface area (Å²) in [4.78, 5) is 17.1. The summed E-state index contributed by atoms with van der Waals surface area (Å²) in [6.45, 7) is 2.55. The largest absolute Gasteiger partial charge is 0.322 e. The molecule has 0 radical (unpaired) electrons. The number of thioether (sulfide) groups is 1. The fraction of sp³-hybridized carbons (Fsp3) is 0.161. The molecule has 6 nitrogen and oxygen atoms in total. The minimum absolute atomic E-state index is 0.146. The number of carbonyl (C=O) groups is 1. The number of nitrogens with one attached hydrogen (secondary N) is 1. The van der Waals surface area contributed by atoms with E-state index in [1.807, 2.05) is 82.6 Å². The zero-order chi connectivity index (χ0) is 26.1. The molecule has 1 atom stereocenters. The first-order valence-corrected chi connectivity index (χ1v) is 14.0. The summed E-state index contributed by atoms with van der Waals surface area (Å²) in [7, 11) is 0. The van der Waals surface area contributed by atoms with E-state index < -0.39 is 0 Å². The van der Waals surface area contributed by atoms with Gasteiger partial charge in [0.15, 0.2) is 0 Å². The van der Waals surface area contributed by atoms with Gasteiger partial charge in [-0.3, -0.25) is 0 Å². The van der Waals surface area contributed by atoms with Crippen LogP contribution in [0.1, 0.15) is 35.5 Å². The van der Waals surface area contributed by atoms with Crippen molar-refractivity contribution in [3.8, 4) is 11.5 Å². The second-order valence-corrected chi connectivity index (χ2v) is 10.1. The van der Waals surface area contributed by atoms with E-state index in [1.165, 1.54) is 0 Å². The van der Waals surface area contributed by atoms with Gasteiger partial charge in [0.1, 0.15) is 5.82 Å². The van der Waals surface area contributed by atoms with E-state index in [9.17, 15) is 4.79 Å². The molecule has 2 aromatic heterocycles. The average molecular weight is 520 g/mol. The first kappa shape index (κ1) is 24.1. The Bertz CT molecular complexity index is 1570. The van der Waals surface area contributed by atoms with Crippen LogP contribution in [0, 0.1) is 0 Å². The lowest BCUT2D eigenvalue weighted by molar-refractivity contribution is 0.194. The average Bonchev–Trinajstić information content (AvgIpc) is 3.55. The van der Waals surface area contributed by atoms with Gasteiger partial charge in [-0.25, -0.2) is 9.48 Å². The zero-order valence-corrected chi connectivity index (χ0v) is 22.2. The lowest BCUT2D eigenvalue weighted by atomic mass is 10.0. The number of para-hydroxylation sites is 1. The predicted octanol–water partition coefficient (Wildman–Crippen LogP) is 7.08. The summed E-state index contributed by atoms with van der Waals surface area (Å²) in [5.41, 5.74) is 5.89. The fourth-order valence-electron chi connectivity index (χ4n) is 5.23. The van der Waals surface area contributed by atoms with Crippen LogP contribution in [-0.2, 0) is 13.0 Å². The maximum atomic E-state index is 14.1. The van der Waals surface area contributed by atoms with Crippen LogP contribution in [0.15, 0.2) is 108 Å². The van der Waals surface area contributed by atoms with Gasteiger partial charge in [0.25, 0.3) is 0 Å². The van der Waals surface area contributed by atoms with Gasteiger partial charge in [-0.05, 0) is 60.7 Å². The van der Waals surface area contributed by atoms with E-state index in [0.29, 0.717) is 6.54 Å². The van der Waals surface area contributed by atoms with Gasteiger partial charge in [-0.2, -0.15) is 5.10 Å². The van der Waals surface area contributed by atoms with E-state index >= 15 is 0 Å². The van der Waals surface area contributed by atoms with Gasteiger partial charge in [0.2, 0.25) is 0 Å². The molecule has 1 N–H and O–H groups in total. The third-order valence-electron chi connectivity index (χ3n) is 7.00. The van der Waals surface area contributed by atoms with Crippen molar-refractivity contribution in [1.29, 1.82) is 0 Å². The Hall–Kier alpha value is -4.23. The maximum Gasteiger partial charge on any atom is 0.322 e. The lowest BCUT2D eigenvalue weighted by Crippen LogP contribution is -2.38. The van der Waals surface area contributed by atoms with Crippen LogP contribution in [0.5, 0.6) is 0 Å². The number of carbonyl (C=O) groups excluding carboxylic acids is 1. The highest BCUT2D eigenvalue weighted by Crippen LogP contribution is 2.39. The molecule has 1 aliphatic heterocycles. The number of nitrogens with zero attached hydrogens (tertiary/aromatic N) is 4. The number of hydrogen-bond donors (Lipinski definition) is 1. The van der Waals surface area contributed by atoms with Gasteiger partial charge in [0, 0.05) is 22.3 Å². The van der Waals surface area contributed by atoms with E-state index in [4.69, 9.17) is 5.10 Å². The molecular weight excluding hydrogens is 490 g/mol. The Balaban J connectivity index is 1.53. The van der Waals surface area contributed by atoms with Gasteiger partial charge in [0.05, 0.1) is 29.7 Å². The van der Waals surface area contributed by atoms with Gasteiger partial charge >= 0.3 is 6.03 Å². The normalized spacial score (nSPS) is 14.5. The monoisotopic (exact) mass is 519 g/mol. The Morgan fingerprint density at radius 2 is 1.74 bits per heavy atom. The van der Waals surface area contributed by atoms with E-state index in [-0.39, 0.29) is 12.1 Å². The van der Waals surface area contributed by atoms with Crippen molar-refractivity contribution in [2.24, 2.45) is 0 Å². The molecule has 2 amide bonds. The van der Waals surface area contributed by atoms with Crippen LogP contribution in [-0.4, -0.2) is 31.5 Å². The van der Waals surface area contributed by atoms with Crippen molar-refractivity contribution in [2.45, 2.75) is 30.8 Å². The Morgan fingerprint density at radius 1 is 0.974 bits per heavy atom. The zero-order valence-electron chi connectivity index (χ0n) is 21.4. The minimum atomic E-state index is -0.281. The summed E-state index contributed by atoms with van der Waals surface area (Å²) in [5.74, 6) is 0.980. The molecule has 7 heteroatoms. The van der Waals surface area contributed by atoms with E-state index in [2.05, 4.69) is 53.3 Å². The standard InChI is InChI=1S/C31H29N5OS/c1-3-27-26-21-35(31(37)32-23-14-10-17-25(20-23)38-2)29(22-12-6-4-7-13-22)28-18-11-19-34(28)30(26)36(33-27)24-15-8-5-9-16-24/h4-20,29H,3,21H2,1-2H3,(H,32,37)/t29-/m0/s1. The molecule has 0 spiro atoms. The number of benzene rings is 3. The number of amides is 2. The minimum Gasteiger partial charge on any atom is -0.308 e. The van der Waals surface area contributed by atoms with Gasteiger partial charge in [-0.1, -0.05) is 61.5 Å². The third kappa shape index (κ3) is 4.29. The summed E-state index contributed by atoms with van der Waals surface area (Å²) >= 11 is 1.66. The highest BCUT2D eigenvalue weighted by Gasteiger charge is 2.36. The van der Waals surface area contributed by atoms with Crippen LogP contribution in [0.25, 0.3) is 11.5 Å². The molecular formula is C31H29N5OS. The number of urea groups is 1. The number of anilines is 1. The molecule has 190 valence electrons. The van der Waals surface area contributed by atoms with Crippen molar-refractivity contribution in [3.63, 3.8) is 0 Å². The lowest BCUT2D eigenvalue weighted by Gasteiger charge is -2.31. The number of aryl methyl sites for hydroxylation is 1. The quantitative estimate of drug-likeness (QED) is 0.252. The summed E-state index contributed by atoms with van der Waals surface area (Å²) in [6, 6.07) is 32.1. The highest BCUT2D eigenvalue weighted by molar-refractivity contribution is 7.98. The second-order valence-electron chi connectivity index (χ2n) is 9.26. The molecule has 6 rings (SSSR count). The van der Waals surface area contributed by atoms with Crippen molar-refractivity contribution >= 4 is 23.5 Å². The highest BCUT2D eigenvalue weighted by atomic mass is 32.2. The van der Waals surface area contributed by atoms with E-state index in [0.717, 1.165) is 51.0 Å². The number of aromatic nitrogens is 3. The molecule has 0 aliphatic carbocycles. The molecule has 3 aromatic carbocycles. The van der Waals surface area contributed by atoms with Crippen molar-refractivity contribution in [3.05, 3.63) is 126 Å². The van der Waals surface area contributed by atoms with Gasteiger partial charge in [-0.15, -0.1) is 11.8 Å². The first-order valence-electron chi connectivity index (χ1n) is 12.8. The molecule has 0 saturated heterocycles. The van der Waals surface area contributed by atoms with Crippen molar-refractivity contribution in [2.75, 3.05) is 11.6 Å². The van der Waals surface area contributed by atoms with Crippen LogP contribution in [0.3, 0.4) is 0 Å². The fourth-order valence-corrected chi connectivity index (χ4v) is 5.69. The van der Waals surface area contributed by atoms with Crippen LogP contribution in [0.2, 0.25) is 0 Å². The van der Waals surface area contributed by atoms with Crippen LogP contribution >= 0.6 is 11.8 Å². The number of fused-ring (bicyclic) bond motifs is 3.